The molecule has 0 saturated carbocycles. The molecule has 3 aromatic heterocycles. The van der Waals surface area contributed by atoms with E-state index in [1.807, 2.05) is 18.5 Å². The monoisotopic (exact) mass is 311 g/mol. The number of nitrogens with zero attached hydrogens (tertiary/aromatic N) is 4. The molecule has 0 unspecified atom stereocenters. The summed E-state index contributed by atoms with van der Waals surface area (Å²) in [5, 5.41) is 1.14. The number of nitrogens with one attached hydrogen (secondary N) is 1. The molecule has 0 radical (unpaired) electrons. The van der Waals surface area contributed by atoms with Crippen LogP contribution in [0, 0.1) is 0 Å². The first-order chi connectivity index (χ1) is 11.2. The molecule has 0 amide bonds. The highest BCUT2D eigenvalue weighted by Gasteiger charge is 2.02. The second kappa shape index (κ2) is 6.87. The summed E-state index contributed by atoms with van der Waals surface area (Å²) in [5.74, 6) is 0. The molecule has 3 aromatic rings. The van der Waals surface area contributed by atoms with E-state index in [1.54, 1.807) is 0 Å². The van der Waals surface area contributed by atoms with Crippen LogP contribution in [0.1, 0.15) is 20.3 Å². The summed E-state index contributed by atoms with van der Waals surface area (Å²) in [5.41, 5.74) is 3.32. The van der Waals surface area contributed by atoms with Gasteiger partial charge in [-0.1, -0.05) is 19.9 Å². The third kappa shape index (κ3) is 3.10. The number of hydrogen-bond acceptors (Lipinski definition) is 2. The summed E-state index contributed by atoms with van der Waals surface area (Å²) in [6.07, 6.45) is 9.12. The van der Waals surface area contributed by atoms with Crippen molar-refractivity contribution in [3.63, 3.8) is 0 Å². The van der Waals surface area contributed by atoms with Crippen LogP contribution in [-0.4, -0.2) is 43.7 Å². The third-order valence-electron chi connectivity index (χ3n) is 4.43. The Balaban J connectivity index is 2.15. The number of H-pyrrole nitrogens is 1. The number of aromatic amines is 1. The van der Waals surface area contributed by atoms with Crippen LogP contribution in [0.3, 0.4) is 0 Å². The molecule has 5 nitrogen and oxygen atoms in total. The van der Waals surface area contributed by atoms with Gasteiger partial charge in [0.2, 0.25) is 0 Å². The van der Waals surface area contributed by atoms with E-state index in [-0.39, 0.29) is 0 Å². The van der Waals surface area contributed by atoms with E-state index in [2.05, 4.69) is 69.4 Å². The van der Waals surface area contributed by atoms with Crippen molar-refractivity contribution in [2.45, 2.75) is 20.3 Å². The van der Waals surface area contributed by atoms with Gasteiger partial charge in [0, 0.05) is 26.0 Å². The predicted molar refractivity (Wildman–Crippen MR) is 95.7 cm³/mol. The Morgan fingerprint density at radius 2 is 2.04 bits per heavy atom. The highest BCUT2D eigenvalue weighted by atomic mass is 15.3. The van der Waals surface area contributed by atoms with Crippen molar-refractivity contribution in [3.05, 3.63) is 42.1 Å². The Bertz CT molecular complexity index is 877. The SMILES string of the molecule is CCN(CC)CCC=c1[nH]c2cnccc2n(C)n2cccc12. The summed E-state index contributed by atoms with van der Waals surface area (Å²) in [6, 6.07) is 6.26. The summed E-state index contributed by atoms with van der Waals surface area (Å²) in [6.45, 7) is 7.69. The summed E-state index contributed by atoms with van der Waals surface area (Å²) < 4.78 is 4.31. The predicted octanol–water partition coefficient (Wildman–Crippen LogP) is 2.51. The lowest BCUT2D eigenvalue weighted by molar-refractivity contribution is 0.312. The maximum Gasteiger partial charge on any atom is 0.0857 e. The molecule has 0 spiro atoms. The van der Waals surface area contributed by atoms with Crippen LogP contribution < -0.4 is 5.35 Å². The number of aromatic nitrogens is 4. The van der Waals surface area contributed by atoms with E-state index in [0.717, 1.165) is 42.4 Å². The summed E-state index contributed by atoms with van der Waals surface area (Å²) >= 11 is 0. The summed E-state index contributed by atoms with van der Waals surface area (Å²) in [4.78, 5) is 10.3. The summed E-state index contributed by atoms with van der Waals surface area (Å²) in [7, 11) is 2.07. The van der Waals surface area contributed by atoms with Crippen molar-refractivity contribution < 1.29 is 0 Å². The third-order valence-corrected chi connectivity index (χ3v) is 4.43. The zero-order valence-electron chi connectivity index (χ0n) is 14.2. The Kier molecular flexibility index (Phi) is 4.67. The van der Waals surface area contributed by atoms with Crippen molar-refractivity contribution in [2.75, 3.05) is 19.6 Å². The van der Waals surface area contributed by atoms with E-state index >= 15 is 0 Å². The minimum atomic E-state index is 1.02. The zero-order chi connectivity index (χ0) is 16.2. The zero-order valence-corrected chi connectivity index (χ0v) is 14.2. The molecule has 1 N–H and O–H groups in total. The van der Waals surface area contributed by atoms with Crippen LogP contribution in [0.5, 0.6) is 0 Å². The van der Waals surface area contributed by atoms with Gasteiger partial charge in [-0.2, -0.15) is 0 Å². The molecule has 0 aromatic carbocycles. The van der Waals surface area contributed by atoms with Crippen molar-refractivity contribution in [1.82, 2.24) is 24.1 Å². The number of aryl methyl sites for hydroxylation is 1. The number of fused-ring (bicyclic) bond motifs is 2. The van der Waals surface area contributed by atoms with Gasteiger partial charge in [0.05, 0.1) is 28.1 Å². The molecule has 0 bridgehead atoms. The molecule has 0 fully saturated rings. The lowest BCUT2D eigenvalue weighted by Gasteiger charge is -2.16. The van der Waals surface area contributed by atoms with Gasteiger partial charge in [-0.05, 0) is 37.7 Å². The van der Waals surface area contributed by atoms with Crippen LogP contribution >= 0.6 is 0 Å². The Morgan fingerprint density at radius 3 is 2.83 bits per heavy atom. The molecule has 0 atom stereocenters. The fraction of sp³-hybridized carbons (Fsp3) is 0.389. The molecule has 3 rings (SSSR count). The fourth-order valence-electron chi connectivity index (χ4n) is 3.02. The normalized spacial score (nSPS) is 12.6. The molecular weight excluding hydrogens is 286 g/mol. The van der Waals surface area contributed by atoms with E-state index < -0.39 is 0 Å². The average molecular weight is 311 g/mol. The van der Waals surface area contributed by atoms with Gasteiger partial charge in [-0.3, -0.25) is 14.2 Å². The molecule has 23 heavy (non-hydrogen) atoms. The van der Waals surface area contributed by atoms with Crippen LogP contribution in [-0.2, 0) is 7.05 Å². The Labute approximate surface area is 136 Å². The smallest absolute Gasteiger partial charge is 0.0857 e. The van der Waals surface area contributed by atoms with E-state index in [4.69, 9.17) is 0 Å². The maximum absolute atomic E-state index is 4.26. The Morgan fingerprint density at radius 1 is 1.22 bits per heavy atom. The first kappa shape index (κ1) is 15.6. The molecule has 0 aliphatic carbocycles. The first-order valence-corrected chi connectivity index (χ1v) is 8.29. The maximum atomic E-state index is 4.26. The van der Waals surface area contributed by atoms with Gasteiger partial charge in [0.25, 0.3) is 0 Å². The lowest BCUT2D eigenvalue weighted by atomic mass is 10.3. The second-order valence-corrected chi connectivity index (χ2v) is 5.71. The van der Waals surface area contributed by atoms with Crippen LogP contribution in [0.15, 0.2) is 36.8 Å². The number of rotatable bonds is 5. The minimum Gasteiger partial charge on any atom is -0.351 e. The van der Waals surface area contributed by atoms with Gasteiger partial charge in [-0.15, -0.1) is 0 Å². The van der Waals surface area contributed by atoms with Crippen molar-refractivity contribution in [3.8, 4) is 0 Å². The van der Waals surface area contributed by atoms with Gasteiger partial charge in [0.1, 0.15) is 0 Å². The first-order valence-electron chi connectivity index (χ1n) is 8.29. The molecular formula is C18H25N5. The lowest BCUT2D eigenvalue weighted by Crippen LogP contribution is -2.24. The minimum absolute atomic E-state index is 1.02. The topological polar surface area (TPSA) is 41.3 Å². The largest absolute Gasteiger partial charge is 0.351 e. The van der Waals surface area contributed by atoms with Gasteiger partial charge in [-0.25, -0.2) is 0 Å². The van der Waals surface area contributed by atoms with Crippen molar-refractivity contribution >= 4 is 22.6 Å². The molecule has 122 valence electrons. The van der Waals surface area contributed by atoms with E-state index in [9.17, 15) is 0 Å². The number of hydrogen-bond donors (Lipinski definition) is 1. The van der Waals surface area contributed by atoms with Crippen molar-refractivity contribution in [1.29, 1.82) is 0 Å². The average Bonchev–Trinajstić information content (AvgIpc) is 3.03. The molecule has 0 aliphatic heterocycles. The standard InChI is InChI=1S/C18H25N5/c1-4-22(5-2)12-6-8-15-18-9-7-13-23(18)21(3)17-10-11-19-14-16(17)20-15/h7-11,13-14,20H,4-6,12H2,1-3H3. The quantitative estimate of drug-likeness (QED) is 0.786. The van der Waals surface area contributed by atoms with Gasteiger partial charge < -0.3 is 9.88 Å². The number of pyridine rings is 1. The Hall–Kier alpha value is -2.27. The highest BCUT2D eigenvalue weighted by molar-refractivity contribution is 5.73. The van der Waals surface area contributed by atoms with E-state index in [0.29, 0.717) is 0 Å². The van der Waals surface area contributed by atoms with Crippen LogP contribution in [0.25, 0.3) is 22.6 Å². The molecule has 5 heteroatoms. The molecule has 0 saturated heterocycles. The molecule has 3 heterocycles. The second-order valence-electron chi connectivity index (χ2n) is 5.71. The van der Waals surface area contributed by atoms with Crippen molar-refractivity contribution in [2.24, 2.45) is 7.05 Å². The molecule has 0 aliphatic rings. The van der Waals surface area contributed by atoms with Gasteiger partial charge in [0.15, 0.2) is 0 Å². The fourth-order valence-corrected chi connectivity index (χ4v) is 3.02. The van der Waals surface area contributed by atoms with Crippen LogP contribution in [0.2, 0.25) is 0 Å². The van der Waals surface area contributed by atoms with E-state index in [1.165, 1.54) is 5.52 Å². The highest BCUT2D eigenvalue weighted by Crippen LogP contribution is 2.08. The van der Waals surface area contributed by atoms with Gasteiger partial charge >= 0.3 is 0 Å². The van der Waals surface area contributed by atoms with Crippen LogP contribution in [0.4, 0.5) is 0 Å².